The Morgan fingerprint density at radius 2 is 2.14 bits per heavy atom. The topological polar surface area (TPSA) is 110 Å². The second-order valence-corrected chi connectivity index (χ2v) is 4.80. The first-order chi connectivity index (χ1) is 9.95. The van der Waals surface area contributed by atoms with Crippen molar-refractivity contribution in [3.05, 3.63) is 29.3 Å². The fourth-order valence-corrected chi connectivity index (χ4v) is 2.23. The fourth-order valence-electron chi connectivity index (χ4n) is 2.23. The van der Waals surface area contributed by atoms with Crippen LogP contribution in [-0.4, -0.2) is 35.1 Å². The van der Waals surface area contributed by atoms with Crippen molar-refractivity contribution in [2.45, 2.75) is 25.8 Å². The molecule has 1 aliphatic rings. The van der Waals surface area contributed by atoms with Gasteiger partial charge < -0.3 is 5.73 Å². The number of hydrogen-bond donors (Lipinski definition) is 2. The van der Waals surface area contributed by atoms with Gasteiger partial charge in [0.25, 0.3) is 5.91 Å². The average molecular weight is 289 g/mol. The number of nitrogens with one attached hydrogen (secondary N) is 1. The van der Waals surface area contributed by atoms with E-state index in [-0.39, 0.29) is 18.4 Å². The molecule has 1 atom stereocenters. The minimum atomic E-state index is -0.978. The molecule has 7 heteroatoms. The fraction of sp³-hybridized carbons (Fsp3) is 0.286. The van der Waals surface area contributed by atoms with Crippen LogP contribution < -0.4 is 11.1 Å². The zero-order valence-electron chi connectivity index (χ0n) is 11.5. The zero-order chi connectivity index (χ0) is 15.6. The molecule has 0 spiro atoms. The van der Waals surface area contributed by atoms with Crippen molar-refractivity contribution in [3.63, 3.8) is 0 Å². The summed E-state index contributed by atoms with van der Waals surface area (Å²) in [6.07, 6.45) is 0.519. The molecule has 2 rings (SSSR count). The standard InChI is InChI=1S/C14H15N3O4/c1-8-9(3-2-4-10(8)15)14(21)17(7-18)11-5-6-12(19)16-13(11)20/h2-4,7,11H,5-6,15H2,1H3,(H,16,19,20). The van der Waals surface area contributed by atoms with E-state index in [1.54, 1.807) is 19.1 Å². The molecular weight excluding hydrogens is 274 g/mol. The lowest BCUT2D eigenvalue weighted by Crippen LogP contribution is -2.53. The molecule has 7 nitrogen and oxygen atoms in total. The van der Waals surface area contributed by atoms with E-state index >= 15 is 0 Å². The summed E-state index contributed by atoms with van der Waals surface area (Å²) in [4.78, 5) is 47.4. The molecule has 110 valence electrons. The first kappa shape index (κ1) is 14.7. The molecule has 1 heterocycles. The Kier molecular flexibility index (Phi) is 4.02. The van der Waals surface area contributed by atoms with Gasteiger partial charge in [0, 0.05) is 17.7 Å². The lowest BCUT2D eigenvalue weighted by Gasteiger charge is -2.28. The van der Waals surface area contributed by atoms with Crippen molar-refractivity contribution in [1.82, 2.24) is 10.2 Å². The Labute approximate surface area is 121 Å². The number of anilines is 1. The molecule has 1 aromatic rings. The van der Waals surface area contributed by atoms with Crippen LogP contribution in [0, 0.1) is 6.92 Å². The number of piperidine rings is 1. The van der Waals surface area contributed by atoms with E-state index in [2.05, 4.69) is 5.32 Å². The molecule has 4 amide bonds. The highest BCUT2D eigenvalue weighted by Crippen LogP contribution is 2.20. The summed E-state index contributed by atoms with van der Waals surface area (Å²) >= 11 is 0. The molecule has 1 unspecified atom stereocenters. The summed E-state index contributed by atoms with van der Waals surface area (Å²) in [6, 6.07) is 3.80. The van der Waals surface area contributed by atoms with Gasteiger partial charge >= 0.3 is 0 Å². The van der Waals surface area contributed by atoms with E-state index in [9.17, 15) is 19.2 Å². The van der Waals surface area contributed by atoms with Crippen LogP contribution in [0.1, 0.15) is 28.8 Å². The molecule has 0 radical (unpaired) electrons. The number of nitrogens with zero attached hydrogens (tertiary/aromatic N) is 1. The van der Waals surface area contributed by atoms with E-state index in [4.69, 9.17) is 5.73 Å². The number of nitrogens with two attached hydrogens (primary N) is 1. The predicted octanol–water partition coefficient (Wildman–Crippen LogP) is -0.0190. The smallest absolute Gasteiger partial charge is 0.261 e. The van der Waals surface area contributed by atoms with Crippen LogP contribution in [0.5, 0.6) is 0 Å². The Morgan fingerprint density at radius 1 is 1.43 bits per heavy atom. The molecule has 0 aromatic heterocycles. The molecule has 1 fully saturated rings. The highest BCUT2D eigenvalue weighted by Gasteiger charge is 2.35. The van der Waals surface area contributed by atoms with Crippen LogP contribution in [0.2, 0.25) is 0 Å². The molecule has 0 aliphatic carbocycles. The number of rotatable bonds is 3. The van der Waals surface area contributed by atoms with Gasteiger partial charge in [-0.05, 0) is 31.0 Å². The second kappa shape index (κ2) is 5.74. The second-order valence-electron chi connectivity index (χ2n) is 4.80. The molecule has 1 aliphatic heterocycles. The quantitative estimate of drug-likeness (QED) is 0.462. The summed E-state index contributed by atoms with van der Waals surface area (Å²) in [5.74, 6) is -1.66. The lowest BCUT2D eigenvalue weighted by atomic mass is 10.0. The third kappa shape index (κ3) is 2.76. The molecule has 3 N–H and O–H groups in total. The monoisotopic (exact) mass is 289 g/mol. The van der Waals surface area contributed by atoms with Crippen LogP contribution in [0.3, 0.4) is 0 Å². The van der Waals surface area contributed by atoms with Crippen LogP contribution in [0.25, 0.3) is 0 Å². The maximum Gasteiger partial charge on any atom is 0.261 e. The number of benzene rings is 1. The maximum atomic E-state index is 12.4. The summed E-state index contributed by atoms with van der Waals surface area (Å²) in [6.45, 7) is 1.66. The molecule has 1 saturated heterocycles. The highest BCUT2D eigenvalue weighted by molar-refractivity contribution is 6.07. The molecule has 0 bridgehead atoms. The van der Waals surface area contributed by atoms with Crippen molar-refractivity contribution >= 4 is 29.8 Å². The number of imide groups is 2. The summed E-state index contributed by atoms with van der Waals surface area (Å²) in [5.41, 5.74) is 6.97. The number of carbonyl (C=O) groups excluding carboxylic acids is 4. The maximum absolute atomic E-state index is 12.4. The highest BCUT2D eigenvalue weighted by atomic mass is 16.2. The van der Waals surface area contributed by atoms with Crippen molar-refractivity contribution < 1.29 is 19.2 Å². The predicted molar refractivity (Wildman–Crippen MR) is 74.0 cm³/mol. The minimum absolute atomic E-state index is 0.0872. The van der Waals surface area contributed by atoms with E-state index in [1.165, 1.54) is 6.07 Å². The zero-order valence-corrected chi connectivity index (χ0v) is 11.5. The summed E-state index contributed by atoms with van der Waals surface area (Å²) in [7, 11) is 0. The van der Waals surface area contributed by atoms with Gasteiger partial charge in [0.2, 0.25) is 18.2 Å². The van der Waals surface area contributed by atoms with Gasteiger partial charge in [-0.3, -0.25) is 29.4 Å². The molecule has 21 heavy (non-hydrogen) atoms. The normalized spacial score (nSPS) is 18.0. The number of hydrogen-bond acceptors (Lipinski definition) is 5. The number of carbonyl (C=O) groups is 4. The van der Waals surface area contributed by atoms with Gasteiger partial charge in [-0.2, -0.15) is 0 Å². The molecular formula is C14H15N3O4. The SMILES string of the molecule is Cc1c(N)cccc1C(=O)N(C=O)C1CCC(=O)NC1=O. The Hall–Kier alpha value is -2.70. The largest absolute Gasteiger partial charge is 0.398 e. The van der Waals surface area contributed by atoms with E-state index in [0.717, 1.165) is 4.90 Å². The third-order valence-electron chi connectivity index (χ3n) is 3.50. The number of amides is 4. The van der Waals surface area contributed by atoms with Gasteiger partial charge in [0.1, 0.15) is 6.04 Å². The van der Waals surface area contributed by atoms with Gasteiger partial charge in [0.15, 0.2) is 0 Å². The van der Waals surface area contributed by atoms with Gasteiger partial charge in [-0.15, -0.1) is 0 Å². The van der Waals surface area contributed by atoms with Gasteiger partial charge in [-0.25, -0.2) is 0 Å². The first-order valence-corrected chi connectivity index (χ1v) is 6.42. The minimum Gasteiger partial charge on any atom is -0.398 e. The lowest BCUT2D eigenvalue weighted by molar-refractivity contribution is -0.139. The van der Waals surface area contributed by atoms with Crippen molar-refractivity contribution in [3.8, 4) is 0 Å². The van der Waals surface area contributed by atoms with Gasteiger partial charge in [0.05, 0.1) is 0 Å². The molecule has 1 aromatic carbocycles. The van der Waals surface area contributed by atoms with Crippen LogP contribution in [0.15, 0.2) is 18.2 Å². The number of nitrogen functional groups attached to an aromatic ring is 1. The third-order valence-corrected chi connectivity index (χ3v) is 3.50. The van der Waals surface area contributed by atoms with E-state index in [1.807, 2.05) is 0 Å². The van der Waals surface area contributed by atoms with Crippen LogP contribution in [0.4, 0.5) is 5.69 Å². The molecule has 0 saturated carbocycles. The van der Waals surface area contributed by atoms with Crippen LogP contribution in [-0.2, 0) is 14.4 Å². The summed E-state index contributed by atoms with van der Waals surface area (Å²) < 4.78 is 0. The first-order valence-electron chi connectivity index (χ1n) is 6.42. The van der Waals surface area contributed by atoms with Crippen molar-refractivity contribution in [2.24, 2.45) is 0 Å². The van der Waals surface area contributed by atoms with Crippen LogP contribution >= 0.6 is 0 Å². The summed E-state index contributed by atoms with van der Waals surface area (Å²) in [5, 5.41) is 2.12. The Bertz CT molecular complexity index is 627. The Morgan fingerprint density at radius 3 is 2.76 bits per heavy atom. The van der Waals surface area contributed by atoms with E-state index in [0.29, 0.717) is 17.7 Å². The van der Waals surface area contributed by atoms with Crippen molar-refractivity contribution in [2.75, 3.05) is 5.73 Å². The van der Waals surface area contributed by atoms with Crippen molar-refractivity contribution in [1.29, 1.82) is 0 Å². The average Bonchev–Trinajstić information content (AvgIpc) is 2.44. The van der Waals surface area contributed by atoms with E-state index < -0.39 is 23.8 Å². The van der Waals surface area contributed by atoms with Gasteiger partial charge in [-0.1, -0.05) is 6.07 Å². The Balaban J connectivity index is 2.31.